The van der Waals surface area contributed by atoms with Crippen LogP contribution >= 0.6 is 12.6 Å². The van der Waals surface area contributed by atoms with Gasteiger partial charge in [0.25, 0.3) is 0 Å². The van der Waals surface area contributed by atoms with Gasteiger partial charge < -0.3 is 32.1 Å². The second-order valence-electron chi connectivity index (χ2n) is 6.19. The van der Waals surface area contributed by atoms with Crippen LogP contribution in [0.5, 0.6) is 0 Å². The molecule has 0 aliphatic carbocycles. The van der Waals surface area contributed by atoms with Gasteiger partial charge in [-0.1, -0.05) is 0 Å². The minimum absolute atomic E-state index is 0.128. The molecule has 4 atom stereocenters. The number of amides is 4. The Bertz CT molecular complexity index is 595. The molecule has 27 heavy (non-hydrogen) atoms. The van der Waals surface area contributed by atoms with Crippen LogP contribution in [0.3, 0.4) is 0 Å². The summed E-state index contributed by atoms with van der Waals surface area (Å²) in [6.45, 7) is 2.02. The lowest BCUT2D eigenvalue weighted by molar-refractivity contribution is -0.141. The Morgan fingerprint density at radius 2 is 1.81 bits per heavy atom. The number of hydrogen-bond donors (Lipinski definition) is 7. The molecule has 11 nitrogen and oxygen atoms in total. The molecule has 7 N–H and O–H groups in total. The van der Waals surface area contributed by atoms with Gasteiger partial charge in [-0.05, 0) is 26.3 Å². The fourth-order valence-corrected chi connectivity index (χ4v) is 2.70. The van der Waals surface area contributed by atoms with Gasteiger partial charge in [0, 0.05) is 5.75 Å². The smallest absolute Gasteiger partial charge is 0.327 e. The van der Waals surface area contributed by atoms with Crippen molar-refractivity contribution < 1.29 is 29.1 Å². The summed E-state index contributed by atoms with van der Waals surface area (Å²) in [5, 5.41) is 18.9. The summed E-state index contributed by atoms with van der Waals surface area (Å²) < 4.78 is 0. The number of primary amides is 1. The zero-order valence-electron chi connectivity index (χ0n) is 14.9. The zero-order valence-corrected chi connectivity index (χ0v) is 15.8. The van der Waals surface area contributed by atoms with E-state index in [-0.39, 0.29) is 5.75 Å². The number of carboxylic acid groups (broad SMARTS) is 1. The van der Waals surface area contributed by atoms with Gasteiger partial charge in [0.1, 0.15) is 18.1 Å². The van der Waals surface area contributed by atoms with Gasteiger partial charge in [-0.25, -0.2) is 4.79 Å². The molecule has 152 valence electrons. The molecule has 1 aliphatic rings. The van der Waals surface area contributed by atoms with Crippen LogP contribution in [-0.2, 0) is 24.0 Å². The maximum atomic E-state index is 12.4. The van der Waals surface area contributed by atoms with Crippen molar-refractivity contribution in [2.24, 2.45) is 5.73 Å². The van der Waals surface area contributed by atoms with Gasteiger partial charge in [-0.3, -0.25) is 19.2 Å². The number of thiol groups is 1. The number of carboxylic acids is 1. The first kappa shape index (κ1) is 22.7. The molecule has 12 heteroatoms. The number of aliphatic carboxylic acids is 1. The molecule has 1 saturated heterocycles. The molecule has 0 radical (unpaired) electrons. The minimum Gasteiger partial charge on any atom is -0.480 e. The summed E-state index contributed by atoms with van der Waals surface area (Å²) in [4.78, 5) is 58.7. The number of nitrogens with one attached hydrogen (secondary N) is 4. The molecular formula is C15H25N5O6S. The Morgan fingerprint density at radius 3 is 2.30 bits per heavy atom. The number of hydrogen-bond acceptors (Lipinski definition) is 7. The minimum atomic E-state index is -1.26. The van der Waals surface area contributed by atoms with E-state index >= 15 is 0 Å². The standard InChI is InChI=1S/C15H25N5O6S/c1-7(12(22)20-10(6-27)15(25)26)18-14(24)9(5-11(16)21)19-13(23)8-3-2-4-17-8/h7-10,17,27H,2-6H2,1H3,(H2,16,21)(H,18,24)(H,19,23)(H,20,22)(H,25,26). The van der Waals surface area contributed by atoms with Crippen LogP contribution in [0.15, 0.2) is 0 Å². The van der Waals surface area contributed by atoms with E-state index in [9.17, 15) is 24.0 Å². The lowest BCUT2D eigenvalue weighted by atomic mass is 10.1. The lowest BCUT2D eigenvalue weighted by Crippen LogP contribution is -2.57. The lowest BCUT2D eigenvalue weighted by Gasteiger charge is -2.22. The van der Waals surface area contributed by atoms with Crippen molar-refractivity contribution in [3.8, 4) is 0 Å². The fraction of sp³-hybridized carbons (Fsp3) is 0.667. The number of nitrogens with two attached hydrogens (primary N) is 1. The predicted octanol–water partition coefficient (Wildman–Crippen LogP) is -2.90. The third-order valence-corrected chi connectivity index (χ3v) is 4.33. The Labute approximate surface area is 161 Å². The van der Waals surface area contributed by atoms with E-state index in [1.165, 1.54) is 6.92 Å². The third kappa shape index (κ3) is 7.43. The Morgan fingerprint density at radius 1 is 1.15 bits per heavy atom. The van der Waals surface area contributed by atoms with Gasteiger partial charge in [-0.15, -0.1) is 0 Å². The molecule has 4 amide bonds. The van der Waals surface area contributed by atoms with Crippen molar-refractivity contribution in [2.45, 2.75) is 50.4 Å². The number of rotatable bonds is 10. The summed E-state index contributed by atoms with van der Waals surface area (Å²) in [7, 11) is 0. The van der Waals surface area contributed by atoms with E-state index in [4.69, 9.17) is 10.8 Å². The largest absolute Gasteiger partial charge is 0.480 e. The second-order valence-corrected chi connectivity index (χ2v) is 6.56. The Balaban J connectivity index is 2.68. The van der Waals surface area contributed by atoms with Crippen LogP contribution < -0.4 is 27.0 Å². The highest BCUT2D eigenvalue weighted by Gasteiger charge is 2.30. The summed E-state index contributed by atoms with van der Waals surface area (Å²) >= 11 is 3.83. The molecule has 0 saturated carbocycles. The normalized spacial score (nSPS) is 19.4. The molecule has 0 aromatic carbocycles. The molecule has 4 unspecified atom stereocenters. The van der Waals surface area contributed by atoms with Crippen molar-refractivity contribution in [1.29, 1.82) is 0 Å². The maximum absolute atomic E-state index is 12.4. The maximum Gasteiger partial charge on any atom is 0.327 e. The first-order chi connectivity index (χ1) is 12.6. The molecule has 1 fully saturated rings. The van der Waals surface area contributed by atoms with Crippen LogP contribution in [-0.4, -0.2) is 71.2 Å². The molecule has 0 bridgehead atoms. The average molecular weight is 403 g/mol. The first-order valence-corrected chi connectivity index (χ1v) is 9.05. The van der Waals surface area contributed by atoms with E-state index < -0.39 is 60.2 Å². The highest BCUT2D eigenvalue weighted by molar-refractivity contribution is 7.80. The first-order valence-electron chi connectivity index (χ1n) is 8.42. The van der Waals surface area contributed by atoms with Gasteiger partial charge in [0.15, 0.2) is 0 Å². The van der Waals surface area contributed by atoms with Crippen molar-refractivity contribution >= 4 is 42.2 Å². The molecule has 0 aromatic rings. The summed E-state index contributed by atoms with van der Waals surface area (Å²) in [5.74, 6) is -4.15. The van der Waals surface area contributed by atoms with Crippen LogP contribution in [0.1, 0.15) is 26.2 Å². The van der Waals surface area contributed by atoms with E-state index in [1.807, 2.05) is 0 Å². The van der Waals surface area contributed by atoms with Crippen LogP contribution in [0.2, 0.25) is 0 Å². The monoisotopic (exact) mass is 403 g/mol. The van der Waals surface area contributed by atoms with Crippen molar-refractivity contribution in [2.75, 3.05) is 12.3 Å². The van der Waals surface area contributed by atoms with Crippen LogP contribution in [0.4, 0.5) is 0 Å². The zero-order chi connectivity index (χ0) is 20.6. The predicted molar refractivity (Wildman–Crippen MR) is 97.8 cm³/mol. The molecule has 1 heterocycles. The number of carbonyl (C=O) groups is 5. The van der Waals surface area contributed by atoms with E-state index in [0.29, 0.717) is 13.0 Å². The highest BCUT2D eigenvalue weighted by atomic mass is 32.1. The molecule has 0 spiro atoms. The quantitative estimate of drug-likeness (QED) is 0.191. The van der Waals surface area contributed by atoms with Crippen molar-refractivity contribution in [3.05, 3.63) is 0 Å². The average Bonchev–Trinajstić information content (AvgIpc) is 3.12. The third-order valence-electron chi connectivity index (χ3n) is 3.96. The Hall–Kier alpha value is -2.34. The SMILES string of the molecule is CC(NC(=O)C(CC(N)=O)NC(=O)C1CCCN1)C(=O)NC(CS)C(=O)O. The molecule has 1 rings (SSSR count). The summed E-state index contributed by atoms with van der Waals surface area (Å²) in [6.07, 6.45) is 0.987. The molecular weight excluding hydrogens is 378 g/mol. The van der Waals surface area contributed by atoms with Crippen LogP contribution in [0.25, 0.3) is 0 Å². The fourth-order valence-electron chi connectivity index (χ4n) is 2.45. The van der Waals surface area contributed by atoms with Crippen molar-refractivity contribution in [1.82, 2.24) is 21.3 Å². The summed E-state index contributed by atoms with van der Waals surface area (Å²) in [6, 6.07) is -4.01. The molecule has 1 aliphatic heterocycles. The topological polar surface area (TPSA) is 180 Å². The molecule has 0 aromatic heterocycles. The van der Waals surface area contributed by atoms with E-state index in [2.05, 4.69) is 33.9 Å². The van der Waals surface area contributed by atoms with Gasteiger partial charge >= 0.3 is 5.97 Å². The number of carbonyl (C=O) groups excluding carboxylic acids is 4. The second kappa shape index (κ2) is 10.7. The Kier molecular flexibility index (Phi) is 9.02. The van der Waals surface area contributed by atoms with Gasteiger partial charge in [0.2, 0.25) is 23.6 Å². The highest BCUT2D eigenvalue weighted by Crippen LogP contribution is 2.06. The van der Waals surface area contributed by atoms with E-state index in [1.54, 1.807) is 0 Å². The van der Waals surface area contributed by atoms with Gasteiger partial charge in [-0.2, -0.15) is 12.6 Å². The summed E-state index contributed by atoms with van der Waals surface area (Å²) in [5.41, 5.74) is 5.13. The van der Waals surface area contributed by atoms with Gasteiger partial charge in [0.05, 0.1) is 12.5 Å². The van der Waals surface area contributed by atoms with Crippen LogP contribution in [0, 0.1) is 0 Å². The van der Waals surface area contributed by atoms with Crippen molar-refractivity contribution in [3.63, 3.8) is 0 Å². The van der Waals surface area contributed by atoms with E-state index in [0.717, 1.165) is 6.42 Å².